The molecule has 0 saturated heterocycles. The number of aromatic nitrogens is 1. The predicted octanol–water partition coefficient (Wildman–Crippen LogP) is 10.3. The Bertz CT molecular complexity index is 2440. The maximum Gasteiger partial charge on any atom is 0.0998 e. The molecule has 0 saturated carbocycles. The van der Waals surface area contributed by atoms with Crippen molar-refractivity contribution in [2.24, 2.45) is 5.92 Å². The van der Waals surface area contributed by atoms with E-state index in [1.807, 2.05) is 12.1 Å². The van der Waals surface area contributed by atoms with Crippen molar-refractivity contribution in [2.75, 3.05) is 4.90 Å². The van der Waals surface area contributed by atoms with Crippen LogP contribution in [-0.2, 0) is 6.42 Å². The second-order valence-electron chi connectivity index (χ2n) is 12.7. The van der Waals surface area contributed by atoms with E-state index in [0.717, 1.165) is 44.8 Å². The fraction of sp³-hybridized carbons (Fsp3) is 0.0909. The normalized spacial score (nSPS) is 18.6. The van der Waals surface area contributed by atoms with Crippen molar-refractivity contribution >= 4 is 28.4 Å². The quantitative estimate of drug-likeness (QED) is 0.199. The Labute approximate surface area is 280 Å². The second-order valence-corrected chi connectivity index (χ2v) is 12.7. The minimum Gasteiger partial charge on any atom is -0.333 e. The topological polar surface area (TPSA) is 55.8 Å². The molecule has 4 heteroatoms. The molecule has 1 aliphatic heterocycles. The van der Waals surface area contributed by atoms with Crippen LogP contribution in [0.3, 0.4) is 0 Å². The lowest BCUT2D eigenvalue weighted by Crippen LogP contribution is -2.28. The zero-order chi connectivity index (χ0) is 32.2. The Morgan fingerprint density at radius 1 is 0.667 bits per heavy atom. The molecule has 5 aromatic carbocycles. The molecule has 9 rings (SSSR count). The first-order valence-electron chi connectivity index (χ1n) is 16.4. The first kappa shape index (κ1) is 27.9. The summed E-state index contributed by atoms with van der Waals surface area (Å²) in [7, 11) is 0. The van der Waals surface area contributed by atoms with Gasteiger partial charge in [-0.2, -0.15) is 10.5 Å². The summed E-state index contributed by atoms with van der Waals surface area (Å²) in [6.07, 6.45) is 13.6. The predicted molar refractivity (Wildman–Crippen MR) is 194 cm³/mol. The van der Waals surface area contributed by atoms with E-state index >= 15 is 0 Å². The van der Waals surface area contributed by atoms with Crippen LogP contribution in [0, 0.1) is 28.6 Å². The molecule has 48 heavy (non-hydrogen) atoms. The van der Waals surface area contributed by atoms with Crippen molar-refractivity contribution in [1.29, 1.82) is 10.5 Å². The molecule has 4 nitrogen and oxygen atoms in total. The zero-order valence-corrected chi connectivity index (χ0v) is 26.2. The number of para-hydroxylation sites is 3. The van der Waals surface area contributed by atoms with E-state index in [9.17, 15) is 10.5 Å². The van der Waals surface area contributed by atoms with Crippen molar-refractivity contribution in [3.8, 4) is 40.1 Å². The minimum atomic E-state index is -0.123. The minimum absolute atomic E-state index is 0.123. The van der Waals surface area contributed by atoms with Crippen LogP contribution in [0.4, 0.5) is 11.4 Å². The fourth-order valence-electron chi connectivity index (χ4n) is 7.94. The van der Waals surface area contributed by atoms with Crippen LogP contribution in [0.5, 0.6) is 0 Å². The van der Waals surface area contributed by atoms with Gasteiger partial charge in [-0.3, -0.25) is 0 Å². The number of rotatable bonds is 4. The summed E-state index contributed by atoms with van der Waals surface area (Å²) < 4.78 is 2.34. The van der Waals surface area contributed by atoms with Crippen LogP contribution in [0.2, 0.25) is 0 Å². The summed E-state index contributed by atoms with van der Waals surface area (Å²) >= 11 is 0. The van der Waals surface area contributed by atoms with Crippen molar-refractivity contribution in [2.45, 2.75) is 18.4 Å². The third-order valence-corrected chi connectivity index (χ3v) is 10.1. The third-order valence-electron chi connectivity index (χ3n) is 10.1. The highest BCUT2D eigenvalue weighted by molar-refractivity contribution is 5.93. The molecule has 6 aromatic rings. The van der Waals surface area contributed by atoms with Crippen LogP contribution in [0.1, 0.15) is 28.3 Å². The Balaban J connectivity index is 1.14. The van der Waals surface area contributed by atoms with Crippen molar-refractivity contribution < 1.29 is 0 Å². The lowest BCUT2D eigenvalue weighted by molar-refractivity contribution is 0.744. The Hall–Kier alpha value is -6.36. The summed E-state index contributed by atoms with van der Waals surface area (Å²) in [5.74, 6) is 0.168. The molecule has 0 bridgehead atoms. The first-order valence-corrected chi connectivity index (χ1v) is 16.4. The molecule has 2 aliphatic carbocycles. The summed E-state index contributed by atoms with van der Waals surface area (Å²) in [6.45, 7) is 0. The average molecular weight is 615 g/mol. The zero-order valence-electron chi connectivity index (χ0n) is 26.2. The lowest BCUT2D eigenvalue weighted by Gasteiger charge is -2.29. The molecule has 0 radical (unpaired) electrons. The number of hydrogen-bond donors (Lipinski definition) is 0. The van der Waals surface area contributed by atoms with Gasteiger partial charge in [-0.1, -0.05) is 109 Å². The summed E-state index contributed by atoms with van der Waals surface area (Å²) in [4.78, 5) is 2.37. The van der Waals surface area contributed by atoms with Crippen LogP contribution in [0.15, 0.2) is 146 Å². The maximum absolute atomic E-state index is 10.5. The molecule has 1 aromatic heterocycles. The molecule has 0 fully saturated rings. The molecule has 0 amide bonds. The Morgan fingerprint density at radius 2 is 1.44 bits per heavy atom. The molecule has 0 N–H and O–H groups in total. The molecule has 3 unspecified atom stereocenters. The number of anilines is 2. The van der Waals surface area contributed by atoms with Crippen LogP contribution < -0.4 is 4.90 Å². The average Bonchev–Trinajstić information content (AvgIpc) is 3.67. The smallest absolute Gasteiger partial charge is 0.0998 e. The summed E-state index contributed by atoms with van der Waals surface area (Å²) in [5.41, 5.74) is 12.8. The molecule has 226 valence electrons. The molecular weight excluding hydrogens is 585 g/mol. The molecule has 3 aliphatic rings. The largest absolute Gasteiger partial charge is 0.333 e. The summed E-state index contributed by atoms with van der Waals surface area (Å²) in [6, 6.07) is 45.5. The molecule has 0 spiro atoms. The second kappa shape index (κ2) is 11.2. The van der Waals surface area contributed by atoms with Gasteiger partial charge in [0.25, 0.3) is 0 Å². The fourth-order valence-corrected chi connectivity index (χ4v) is 7.94. The van der Waals surface area contributed by atoms with Crippen molar-refractivity contribution in [3.63, 3.8) is 0 Å². The Morgan fingerprint density at radius 3 is 2.31 bits per heavy atom. The standard InChI is InChI=1S/C44H30N4/c45-27-29-20-23-44-39(24-29)38-15-4-8-19-43(38)48(44)40-16-5-1-12-35(40)31-11-9-10-30(25-31)34-22-21-33(26-32(34)28-46)47-41-17-6-2-13-36(41)37-14-3-7-18-42(37)47/h1-23,25-26,29,36,41H,24H2. The van der Waals surface area contributed by atoms with E-state index in [0.29, 0.717) is 17.9 Å². The van der Waals surface area contributed by atoms with Gasteiger partial charge in [-0.25, -0.2) is 0 Å². The van der Waals surface area contributed by atoms with Gasteiger partial charge in [-0.05, 0) is 76.7 Å². The van der Waals surface area contributed by atoms with E-state index in [1.165, 1.54) is 22.2 Å². The number of nitriles is 2. The van der Waals surface area contributed by atoms with Crippen LogP contribution in [-0.4, -0.2) is 10.6 Å². The van der Waals surface area contributed by atoms with Gasteiger partial charge in [-0.15, -0.1) is 0 Å². The van der Waals surface area contributed by atoms with Gasteiger partial charge in [0.05, 0.1) is 40.9 Å². The number of allylic oxidation sites excluding steroid dienone is 3. The highest BCUT2D eigenvalue weighted by Crippen LogP contribution is 2.48. The van der Waals surface area contributed by atoms with Gasteiger partial charge < -0.3 is 9.47 Å². The highest BCUT2D eigenvalue weighted by Gasteiger charge is 2.37. The van der Waals surface area contributed by atoms with E-state index < -0.39 is 0 Å². The monoisotopic (exact) mass is 614 g/mol. The first-order chi connectivity index (χ1) is 23.7. The maximum atomic E-state index is 10.5. The summed E-state index contributed by atoms with van der Waals surface area (Å²) in [5, 5.41) is 21.3. The Kier molecular flexibility index (Phi) is 6.49. The van der Waals surface area contributed by atoms with Gasteiger partial charge >= 0.3 is 0 Å². The van der Waals surface area contributed by atoms with E-state index in [1.54, 1.807) is 0 Å². The lowest BCUT2D eigenvalue weighted by atomic mass is 9.91. The van der Waals surface area contributed by atoms with E-state index in [2.05, 4.69) is 161 Å². The number of benzene rings is 5. The SMILES string of the molecule is N#Cc1cc(N2c3ccccc3C3C=CC=CC32)ccc1-c1cccc(-c2ccccc2-n2c3c(c4ccccc42)CC(C#N)C=C3)c1. The van der Waals surface area contributed by atoms with Gasteiger partial charge in [0, 0.05) is 33.9 Å². The van der Waals surface area contributed by atoms with Crippen molar-refractivity contribution in [3.05, 3.63) is 168 Å². The molecular formula is C44H30N4. The van der Waals surface area contributed by atoms with Crippen molar-refractivity contribution in [1.82, 2.24) is 4.57 Å². The molecule has 2 heterocycles. The van der Waals surface area contributed by atoms with Crippen LogP contribution >= 0.6 is 0 Å². The van der Waals surface area contributed by atoms with Crippen LogP contribution in [0.25, 0.3) is 44.9 Å². The number of hydrogen-bond acceptors (Lipinski definition) is 3. The van der Waals surface area contributed by atoms with E-state index in [4.69, 9.17) is 0 Å². The third kappa shape index (κ3) is 4.28. The number of fused-ring (bicyclic) bond motifs is 6. The highest BCUT2D eigenvalue weighted by atomic mass is 15.2. The van der Waals surface area contributed by atoms with Gasteiger partial charge in [0.15, 0.2) is 0 Å². The number of nitrogens with zero attached hydrogens (tertiary/aromatic N) is 4. The van der Waals surface area contributed by atoms with Gasteiger partial charge in [0.2, 0.25) is 0 Å². The van der Waals surface area contributed by atoms with E-state index in [-0.39, 0.29) is 12.0 Å². The molecule has 3 atom stereocenters. The van der Waals surface area contributed by atoms with Gasteiger partial charge in [0.1, 0.15) is 0 Å².